The second-order valence-corrected chi connectivity index (χ2v) is 8.58. The third-order valence-electron chi connectivity index (χ3n) is 3.13. The summed E-state index contributed by atoms with van der Waals surface area (Å²) >= 11 is 1.14. The summed E-state index contributed by atoms with van der Waals surface area (Å²) in [6, 6.07) is 1.63. The van der Waals surface area contributed by atoms with Crippen molar-refractivity contribution in [3.8, 4) is 0 Å². The molecule has 1 saturated heterocycles. The van der Waals surface area contributed by atoms with Gasteiger partial charge in [0.1, 0.15) is 4.21 Å². The number of aliphatic hydroxyl groups is 1. The first-order valence-electron chi connectivity index (χ1n) is 6.10. The first-order valence-corrected chi connectivity index (χ1v) is 8.36. The van der Waals surface area contributed by atoms with E-state index < -0.39 is 15.6 Å². The maximum atomic E-state index is 12.6. The van der Waals surface area contributed by atoms with Gasteiger partial charge in [0.05, 0.1) is 18.8 Å². The van der Waals surface area contributed by atoms with Crippen LogP contribution in [0.1, 0.15) is 24.3 Å². The summed E-state index contributed by atoms with van der Waals surface area (Å²) in [6.07, 6.45) is 0. The molecule has 0 amide bonds. The molecule has 0 saturated carbocycles. The Hall–Kier alpha value is -0.470. The fraction of sp³-hybridized carbons (Fsp3) is 0.667. The Kier molecular flexibility index (Phi) is 4.04. The highest BCUT2D eigenvalue weighted by molar-refractivity contribution is 7.91. The van der Waals surface area contributed by atoms with Crippen molar-refractivity contribution in [1.82, 2.24) is 4.31 Å². The molecule has 1 aliphatic rings. The Morgan fingerprint density at radius 1 is 1.53 bits per heavy atom. The number of thiophene rings is 1. The monoisotopic (exact) mass is 305 g/mol. The highest BCUT2D eigenvalue weighted by atomic mass is 32.2. The van der Waals surface area contributed by atoms with Gasteiger partial charge in [-0.15, -0.1) is 11.3 Å². The van der Waals surface area contributed by atoms with E-state index in [1.54, 1.807) is 6.07 Å². The van der Waals surface area contributed by atoms with E-state index in [1.165, 1.54) is 4.31 Å². The standard InChI is InChI=1S/C12H19NO4S2/c1-9-6-11(18-10(9)7-14)19(15,16)13-4-5-17-12(2,3)8-13/h6,14H,4-5,7-8H2,1-3H3. The quantitative estimate of drug-likeness (QED) is 0.915. The van der Waals surface area contributed by atoms with Crippen LogP contribution in [0.15, 0.2) is 10.3 Å². The molecule has 7 heteroatoms. The molecular formula is C12H19NO4S2. The number of nitrogens with zero attached hydrogens (tertiary/aromatic N) is 1. The SMILES string of the molecule is Cc1cc(S(=O)(=O)N2CCOC(C)(C)C2)sc1CO. The van der Waals surface area contributed by atoms with Gasteiger partial charge in [0.15, 0.2) is 0 Å². The van der Waals surface area contributed by atoms with E-state index in [0.29, 0.717) is 28.8 Å². The number of hydrogen-bond acceptors (Lipinski definition) is 5. The highest BCUT2D eigenvalue weighted by Crippen LogP contribution is 2.30. The molecule has 1 N–H and O–H groups in total. The Labute approximate surface area is 117 Å². The molecule has 0 aliphatic carbocycles. The van der Waals surface area contributed by atoms with E-state index >= 15 is 0 Å². The molecule has 0 spiro atoms. The first-order chi connectivity index (χ1) is 8.76. The van der Waals surface area contributed by atoms with Gasteiger partial charge in [0.2, 0.25) is 0 Å². The van der Waals surface area contributed by atoms with Crippen molar-refractivity contribution in [2.24, 2.45) is 0 Å². The summed E-state index contributed by atoms with van der Waals surface area (Å²) in [5, 5.41) is 9.17. The normalized spacial score (nSPS) is 20.6. The van der Waals surface area contributed by atoms with Gasteiger partial charge in [-0.3, -0.25) is 0 Å². The van der Waals surface area contributed by atoms with Crippen molar-refractivity contribution in [2.45, 2.75) is 37.2 Å². The molecule has 108 valence electrons. The number of morpholine rings is 1. The Morgan fingerprint density at radius 2 is 2.21 bits per heavy atom. The second-order valence-electron chi connectivity index (χ2n) is 5.28. The van der Waals surface area contributed by atoms with E-state index in [2.05, 4.69) is 0 Å². The van der Waals surface area contributed by atoms with Crippen LogP contribution in [-0.2, 0) is 21.4 Å². The molecule has 0 aromatic carbocycles. The van der Waals surface area contributed by atoms with E-state index in [4.69, 9.17) is 4.74 Å². The number of sulfonamides is 1. The van der Waals surface area contributed by atoms with E-state index in [-0.39, 0.29) is 6.61 Å². The van der Waals surface area contributed by atoms with Gasteiger partial charge in [-0.2, -0.15) is 4.31 Å². The Morgan fingerprint density at radius 3 is 2.74 bits per heavy atom. The van der Waals surface area contributed by atoms with Crippen molar-refractivity contribution < 1.29 is 18.3 Å². The first kappa shape index (κ1) is 14.9. The molecule has 2 rings (SSSR count). The smallest absolute Gasteiger partial charge is 0.252 e. The van der Waals surface area contributed by atoms with Gasteiger partial charge < -0.3 is 9.84 Å². The summed E-state index contributed by atoms with van der Waals surface area (Å²) < 4.78 is 32.4. The van der Waals surface area contributed by atoms with Gasteiger partial charge >= 0.3 is 0 Å². The molecule has 19 heavy (non-hydrogen) atoms. The maximum absolute atomic E-state index is 12.6. The minimum Gasteiger partial charge on any atom is -0.391 e. The van der Waals surface area contributed by atoms with E-state index in [0.717, 1.165) is 16.9 Å². The predicted octanol–water partition coefficient (Wildman–Crippen LogP) is 1.35. The summed E-state index contributed by atoms with van der Waals surface area (Å²) in [5.41, 5.74) is 0.357. The lowest BCUT2D eigenvalue weighted by Crippen LogP contribution is -2.50. The maximum Gasteiger partial charge on any atom is 0.252 e. The second kappa shape index (κ2) is 5.14. The van der Waals surface area contributed by atoms with Gasteiger partial charge in [0, 0.05) is 18.0 Å². The van der Waals surface area contributed by atoms with Crippen molar-refractivity contribution >= 4 is 21.4 Å². The molecule has 0 atom stereocenters. The molecular weight excluding hydrogens is 286 g/mol. The van der Waals surface area contributed by atoms with Crippen LogP contribution in [0.25, 0.3) is 0 Å². The number of aryl methyl sites for hydroxylation is 1. The lowest BCUT2D eigenvalue weighted by Gasteiger charge is -2.37. The Bertz CT molecular complexity index is 562. The number of rotatable bonds is 3. The van der Waals surface area contributed by atoms with Crippen LogP contribution in [0.2, 0.25) is 0 Å². The van der Waals surface area contributed by atoms with Crippen molar-refractivity contribution in [2.75, 3.05) is 19.7 Å². The zero-order chi connectivity index (χ0) is 14.3. The van der Waals surface area contributed by atoms with Crippen molar-refractivity contribution in [3.05, 3.63) is 16.5 Å². The number of ether oxygens (including phenoxy) is 1. The van der Waals surface area contributed by atoms with Gasteiger partial charge in [-0.05, 0) is 32.4 Å². The minimum absolute atomic E-state index is 0.124. The van der Waals surface area contributed by atoms with Crippen LogP contribution < -0.4 is 0 Å². The molecule has 1 aromatic heterocycles. The zero-order valence-corrected chi connectivity index (χ0v) is 13.0. The van der Waals surface area contributed by atoms with Crippen molar-refractivity contribution in [1.29, 1.82) is 0 Å². The van der Waals surface area contributed by atoms with Gasteiger partial charge in [0.25, 0.3) is 10.0 Å². The molecule has 1 aromatic rings. The lowest BCUT2D eigenvalue weighted by atomic mass is 10.1. The molecule has 0 unspecified atom stereocenters. The van der Waals surface area contributed by atoms with Crippen LogP contribution in [0, 0.1) is 6.92 Å². The molecule has 5 nitrogen and oxygen atoms in total. The molecule has 0 radical (unpaired) electrons. The third-order valence-corrected chi connectivity index (χ3v) is 6.64. The highest BCUT2D eigenvalue weighted by Gasteiger charge is 2.35. The lowest BCUT2D eigenvalue weighted by molar-refractivity contribution is -0.0639. The molecule has 1 aliphatic heterocycles. The summed E-state index contributed by atoms with van der Waals surface area (Å²) in [6.45, 7) is 6.58. The van der Waals surface area contributed by atoms with Crippen molar-refractivity contribution in [3.63, 3.8) is 0 Å². The average Bonchev–Trinajstić information content (AvgIpc) is 2.70. The predicted molar refractivity (Wildman–Crippen MR) is 73.8 cm³/mol. The molecule has 0 bridgehead atoms. The van der Waals surface area contributed by atoms with Crippen LogP contribution in [0.4, 0.5) is 0 Å². The van der Waals surface area contributed by atoms with Gasteiger partial charge in [-0.25, -0.2) is 8.42 Å². The zero-order valence-electron chi connectivity index (χ0n) is 11.3. The van der Waals surface area contributed by atoms with Crippen LogP contribution in [0.3, 0.4) is 0 Å². The topological polar surface area (TPSA) is 66.8 Å². The summed E-state index contributed by atoms with van der Waals surface area (Å²) in [5.74, 6) is 0. The summed E-state index contributed by atoms with van der Waals surface area (Å²) in [4.78, 5) is 0.700. The van der Waals surface area contributed by atoms with E-state index in [1.807, 2.05) is 20.8 Å². The fourth-order valence-electron chi connectivity index (χ4n) is 2.08. The average molecular weight is 305 g/mol. The fourth-order valence-corrected chi connectivity index (χ4v) is 5.26. The molecule has 2 heterocycles. The number of hydrogen-bond donors (Lipinski definition) is 1. The van der Waals surface area contributed by atoms with Gasteiger partial charge in [-0.1, -0.05) is 0 Å². The molecule has 1 fully saturated rings. The largest absolute Gasteiger partial charge is 0.391 e. The third kappa shape index (κ3) is 3.00. The summed E-state index contributed by atoms with van der Waals surface area (Å²) in [7, 11) is -3.48. The van der Waals surface area contributed by atoms with Crippen LogP contribution >= 0.6 is 11.3 Å². The van der Waals surface area contributed by atoms with Crippen LogP contribution in [-0.4, -0.2) is 43.1 Å². The minimum atomic E-state index is -3.48. The van der Waals surface area contributed by atoms with E-state index in [9.17, 15) is 13.5 Å². The van der Waals surface area contributed by atoms with Crippen LogP contribution in [0.5, 0.6) is 0 Å². The number of aliphatic hydroxyl groups excluding tert-OH is 1. The Balaban J connectivity index is 2.31.